The lowest BCUT2D eigenvalue weighted by molar-refractivity contribution is -0.547. The van der Waals surface area contributed by atoms with Crippen molar-refractivity contribution in [3.05, 3.63) is 35.9 Å². The Hall–Kier alpha value is -1.76. The fourth-order valence-electron chi connectivity index (χ4n) is 5.82. The maximum absolute atomic E-state index is 13.3. The second kappa shape index (κ2) is 6.37. The monoisotopic (exact) mass is 384 g/mol. The lowest BCUT2D eigenvalue weighted by Gasteiger charge is -2.60. The van der Waals surface area contributed by atoms with E-state index in [0.29, 0.717) is 5.92 Å². The highest BCUT2D eigenvalue weighted by molar-refractivity contribution is 5.84. The van der Waals surface area contributed by atoms with Crippen molar-refractivity contribution in [1.82, 2.24) is 5.01 Å². The molecule has 6 nitrogen and oxygen atoms in total. The van der Waals surface area contributed by atoms with E-state index in [9.17, 15) is 4.79 Å². The predicted molar refractivity (Wildman–Crippen MR) is 103 cm³/mol. The van der Waals surface area contributed by atoms with Gasteiger partial charge in [-0.05, 0) is 43.6 Å². The van der Waals surface area contributed by atoms with E-state index < -0.39 is 17.6 Å². The highest BCUT2D eigenvalue weighted by atomic mass is 17.3. The van der Waals surface area contributed by atoms with Gasteiger partial charge in [0.1, 0.15) is 0 Å². The van der Waals surface area contributed by atoms with Gasteiger partial charge in [-0.1, -0.05) is 44.2 Å². The van der Waals surface area contributed by atoms with Gasteiger partial charge in [0, 0.05) is 18.3 Å². The maximum atomic E-state index is 13.3. The first-order chi connectivity index (χ1) is 13.4. The second-order valence-electron chi connectivity index (χ2n) is 9.06. The Bertz CT molecular complexity index is 799. The summed E-state index contributed by atoms with van der Waals surface area (Å²) in [5, 5.41) is 6.14. The van der Waals surface area contributed by atoms with E-state index in [2.05, 4.69) is 12.0 Å². The minimum Gasteiger partial charge on any atom is -0.319 e. The van der Waals surface area contributed by atoms with E-state index in [1.54, 1.807) is 6.21 Å². The number of rotatable bonds is 2. The van der Waals surface area contributed by atoms with Crippen molar-refractivity contribution in [3.8, 4) is 0 Å². The van der Waals surface area contributed by atoms with Gasteiger partial charge in [-0.3, -0.25) is 4.79 Å². The van der Waals surface area contributed by atoms with E-state index in [1.807, 2.05) is 44.2 Å². The molecule has 0 aromatic heterocycles. The van der Waals surface area contributed by atoms with Gasteiger partial charge in [-0.15, -0.1) is 0 Å². The van der Waals surface area contributed by atoms with Crippen LogP contribution in [0.3, 0.4) is 0 Å². The Balaban J connectivity index is 1.60. The summed E-state index contributed by atoms with van der Waals surface area (Å²) in [6, 6.07) is 9.81. The van der Waals surface area contributed by atoms with Crippen LogP contribution in [0.4, 0.5) is 0 Å². The number of carbonyl (C=O) groups excluding carboxylic acids is 1. The van der Waals surface area contributed by atoms with Crippen LogP contribution in [-0.2, 0) is 19.3 Å². The summed E-state index contributed by atoms with van der Waals surface area (Å²) in [6.07, 6.45) is 4.95. The molecule has 4 aliphatic heterocycles. The minimum atomic E-state index is -0.848. The number of fused-ring (bicyclic) bond motifs is 2. The summed E-state index contributed by atoms with van der Waals surface area (Å²) in [7, 11) is 0. The molecule has 0 unspecified atom stereocenters. The summed E-state index contributed by atoms with van der Waals surface area (Å²) in [4.78, 5) is 25.4. The second-order valence-corrected chi connectivity index (χ2v) is 9.06. The molecule has 1 saturated carbocycles. The molecule has 150 valence electrons. The Labute approximate surface area is 165 Å². The highest BCUT2D eigenvalue weighted by Crippen LogP contribution is 2.60. The van der Waals surface area contributed by atoms with Crippen LogP contribution in [0, 0.1) is 23.7 Å². The molecule has 1 aliphatic carbocycles. The molecule has 5 aliphatic rings. The molecule has 6 heteroatoms. The van der Waals surface area contributed by atoms with Crippen LogP contribution in [0.2, 0.25) is 0 Å². The molecule has 28 heavy (non-hydrogen) atoms. The first kappa shape index (κ1) is 18.3. The van der Waals surface area contributed by atoms with Crippen molar-refractivity contribution in [2.45, 2.75) is 64.1 Å². The van der Waals surface area contributed by atoms with Crippen molar-refractivity contribution >= 4 is 12.1 Å². The topological polar surface area (TPSA) is 60.4 Å². The first-order valence-electron chi connectivity index (χ1n) is 10.4. The summed E-state index contributed by atoms with van der Waals surface area (Å²) in [6.45, 7) is 6.19. The third-order valence-electron chi connectivity index (χ3n) is 7.37. The molecular formula is C22H28N2O4. The molecule has 4 heterocycles. The Morgan fingerprint density at radius 2 is 1.89 bits per heavy atom. The molecular weight excluding hydrogens is 356 g/mol. The number of hydrogen-bond acceptors (Lipinski definition) is 5. The zero-order chi connectivity index (χ0) is 19.5. The lowest BCUT2D eigenvalue weighted by atomic mass is 9.57. The molecule has 1 amide bonds. The van der Waals surface area contributed by atoms with Gasteiger partial charge in [0.05, 0.1) is 6.21 Å². The summed E-state index contributed by atoms with van der Waals surface area (Å²) >= 11 is 0. The fourth-order valence-corrected chi connectivity index (χ4v) is 5.82. The third kappa shape index (κ3) is 2.51. The predicted octanol–water partition coefficient (Wildman–Crippen LogP) is 3.71. The average molecular weight is 384 g/mol. The van der Waals surface area contributed by atoms with E-state index in [1.165, 1.54) is 5.01 Å². The normalized spacial score (nSPS) is 45.2. The number of amides is 1. The van der Waals surface area contributed by atoms with E-state index in [4.69, 9.17) is 14.5 Å². The van der Waals surface area contributed by atoms with Gasteiger partial charge < -0.3 is 4.74 Å². The summed E-state index contributed by atoms with van der Waals surface area (Å²) in [5.41, 5.74) is 0.285. The molecule has 4 saturated heterocycles. The van der Waals surface area contributed by atoms with Gasteiger partial charge in [-0.25, -0.2) is 14.8 Å². The zero-order valence-corrected chi connectivity index (χ0v) is 16.7. The lowest BCUT2D eigenvalue weighted by Crippen LogP contribution is -2.74. The highest BCUT2D eigenvalue weighted by Gasteiger charge is 2.70. The molecule has 1 spiro atoms. The molecule has 0 N–H and O–H groups in total. The Morgan fingerprint density at radius 1 is 1.11 bits per heavy atom. The zero-order valence-electron chi connectivity index (χ0n) is 16.7. The van der Waals surface area contributed by atoms with E-state index in [-0.39, 0.29) is 23.7 Å². The Kier molecular flexibility index (Phi) is 4.16. The standard InChI is InChI=1S/C22H28N2O4/c1-14-9-10-18-15(2)19(25)24(23-13-16-7-5-4-6-8-16)20-22(18)17(14)11-12-21(3,26-20)27-28-22/h4-8,13-15,17-18,20H,9-12H2,1-3H3/b23-13+/t14-,15-,17+,18+,20-,21-,22-/m1/s1. The number of carbonyl (C=O) groups is 1. The van der Waals surface area contributed by atoms with Crippen molar-refractivity contribution in [3.63, 3.8) is 0 Å². The molecule has 6 rings (SSSR count). The number of benzene rings is 1. The molecule has 1 aromatic carbocycles. The number of hydrazone groups is 1. The average Bonchev–Trinajstić information content (AvgIpc) is 2.93. The maximum Gasteiger partial charge on any atom is 0.248 e. The van der Waals surface area contributed by atoms with Gasteiger partial charge in [-0.2, -0.15) is 5.10 Å². The molecule has 7 atom stereocenters. The SMILES string of the molecule is C[C@@H]1CC[C@H]2[C@@H](C)C(=O)N(/N=C/c3ccccc3)[C@@H]3O[C@@]4(C)CC[C@@H]1[C@@]23OO4. The van der Waals surface area contributed by atoms with Crippen LogP contribution in [0.15, 0.2) is 35.4 Å². The van der Waals surface area contributed by atoms with Gasteiger partial charge in [0.25, 0.3) is 0 Å². The smallest absolute Gasteiger partial charge is 0.248 e. The molecule has 5 fully saturated rings. The molecule has 0 radical (unpaired) electrons. The largest absolute Gasteiger partial charge is 0.319 e. The van der Waals surface area contributed by atoms with Gasteiger partial charge in [0.2, 0.25) is 11.7 Å². The fraction of sp³-hybridized carbons (Fsp3) is 0.636. The summed E-state index contributed by atoms with van der Waals surface area (Å²) in [5.74, 6) is -0.178. The van der Waals surface area contributed by atoms with Crippen molar-refractivity contribution < 1.29 is 19.3 Å². The van der Waals surface area contributed by atoms with Crippen molar-refractivity contribution in [2.75, 3.05) is 0 Å². The van der Waals surface area contributed by atoms with Crippen molar-refractivity contribution in [2.24, 2.45) is 28.8 Å². The quantitative estimate of drug-likeness (QED) is 0.576. The molecule has 2 bridgehead atoms. The Morgan fingerprint density at radius 3 is 2.68 bits per heavy atom. The van der Waals surface area contributed by atoms with Gasteiger partial charge in [0.15, 0.2) is 11.8 Å². The van der Waals surface area contributed by atoms with Crippen LogP contribution in [0.1, 0.15) is 52.0 Å². The van der Waals surface area contributed by atoms with E-state index in [0.717, 1.165) is 31.2 Å². The number of hydrogen-bond donors (Lipinski definition) is 0. The van der Waals surface area contributed by atoms with Crippen LogP contribution in [0.25, 0.3) is 0 Å². The third-order valence-corrected chi connectivity index (χ3v) is 7.37. The van der Waals surface area contributed by atoms with Crippen LogP contribution >= 0.6 is 0 Å². The number of nitrogens with zero attached hydrogens (tertiary/aromatic N) is 2. The number of piperidine rings is 1. The van der Waals surface area contributed by atoms with Crippen LogP contribution in [0.5, 0.6) is 0 Å². The van der Waals surface area contributed by atoms with E-state index >= 15 is 0 Å². The minimum absolute atomic E-state index is 0.000796. The first-order valence-corrected chi connectivity index (χ1v) is 10.4. The van der Waals surface area contributed by atoms with Crippen LogP contribution < -0.4 is 0 Å². The number of ether oxygens (including phenoxy) is 1. The van der Waals surface area contributed by atoms with Crippen LogP contribution in [-0.4, -0.2) is 34.7 Å². The van der Waals surface area contributed by atoms with Gasteiger partial charge >= 0.3 is 0 Å². The summed E-state index contributed by atoms with van der Waals surface area (Å²) < 4.78 is 6.44. The molecule has 1 aromatic rings. The van der Waals surface area contributed by atoms with Crippen molar-refractivity contribution in [1.29, 1.82) is 0 Å².